The van der Waals surface area contributed by atoms with Crippen LogP contribution in [0.1, 0.15) is 29.2 Å². The Morgan fingerprint density at radius 2 is 1.88 bits per heavy atom. The van der Waals surface area contributed by atoms with Crippen LogP contribution in [-0.2, 0) is 17.9 Å². The van der Waals surface area contributed by atoms with Crippen LogP contribution in [-0.4, -0.2) is 24.9 Å². The molecule has 0 saturated heterocycles. The van der Waals surface area contributed by atoms with Gasteiger partial charge < -0.3 is 20.5 Å². The molecule has 0 bridgehead atoms. The van der Waals surface area contributed by atoms with E-state index in [0.717, 1.165) is 16.7 Å². The quantitative estimate of drug-likeness (QED) is 0.698. The number of amides is 2. The number of carbonyl (C=O) groups is 1. The average Bonchev–Trinajstić information content (AvgIpc) is 2.61. The molecular formula is C19H24N2O3. The minimum atomic E-state index is -0.255. The molecule has 0 aliphatic carbocycles. The molecular weight excluding hydrogens is 304 g/mol. The Kier molecular flexibility index (Phi) is 7.26. The number of methoxy groups -OCH3 is 1. The van der Waals surface area contributed by atoms with E-state index in [2.05, 4.69) is 10.6 Å². The van der Waals surface area contributed by atoms with Crippen molar-refractivity contribution in [3.8, 4) is 0 Å². The highest BCUT2D eigenvalue weighted by Crippen LogP contribution is 2.15. The first-order valence-electron chi connectivity index (χ1n) is 8.00. The molecule has 0 unspecified atom stereocenters. The summed E-state index contributed by atoms with van der Waals surface area (Å²) >= 11 is 0. The van der Waals surface area contributed by atoms with Gasteiger partial charge in [-0.1, -0.05) is 54.6 Å². The summed E-state index contributed by atoms with van der Waals surface area (Å²) in [4.78, 5) is 12.2. The normalized spacial score (nSPS) is 11.8. The van der Waals surface area contributed by atoms with Gasteiger partial charge in [-0.3, -0.25) is 0 Å². The molecule has 0 spiro atoms. The highest BCUT2D eigenvalue weighted by Gasteiger charge is 2.13. The van der Waals surface area contributed by atoms with Crippen LogP contribution in [0.25, 0.3) is 0 Å². The van der Waals surface area contributed by atoms with E-state index in [1.54, 1.807) is 7.11 Å². The molecule has 128 valence electrons. The summed E-state index contributed by atoms with van der Waals surface area (Å²) < 4.78 is 5.11. The van der Waals surface area contributed by atoms with Gasteiger partial charge in [0.25, 0.3) is 0 Å². The van der Waals surface area contributed by atoms with Crippen LogP contribution < -0.4 is 10.6 Å². The van der Waals surface area contributed by atoms with E-state index in [4.69, 9.17) is 4.74 Å². The Hall–Kier alpha value is -2.37. The molecule has 0 aromatic heterocycles. The standard InChI is InChI=1S/C19H24N2O3/c1-24-14-16-7-5-6-15(12-16)13-20-19(23)21-18(10-11-22)17-8-3-2-4-9-17/h2-9,12,18,22H,10-11,13-14H2,1H3,(H2,20,21,23)/t18-/m1/s1. The second-order valence-electron chi connectivity index (χ2n) is 5.56. The van der Waals surface area contributed by atoms with Gasteiger partial charge in [0.05, 0.1) is 12.6 Å². The van der Waals surface area contributed by atoms with Crippen molar-refractivity contribution >= 4 is 6.03 Å². The Bertz CT molecular complexity index is 632. The van der Waals surface area contributed by atoms with E-state index in [1.165, 1.54) is 0 Å². The van der Waals surface area contributed by atoms with Crippen molar-refractivity contribution < 1.29 is 14.6 Å². The smallest absolute Gasteiger partial charge is 0.315 e. The molecule has 3 N–H and O–H groups in total. The van der Waals surface area contributed by atoms with Crippen LogP contribution in [0.2, 0.25) is 0 Å². The van der Waals surface area contributed by atoms with Crippen molar-refractivity contribution in [3.63, 3.8) is 0 Å². The number of hydrogen-bond acceptors (Lipinski definition) is 3. The summed E-state index contributed by atoms with van der Waals surface area (Å²) in [5, 5.41) is 15.0. The zero-order valence-corrected chi connectivity index (χ0v) is 13.9. The summed E-state index contributed by atoms with van der Waals surface area (Å²) in [5.41, 5.74) is 3.06. The molecule has 24 heavy (non-hydrogen) atoms. The maximum absolute atomic E-state index is 12.2. The minimum absolute atomic E-state index is 0.0128. The summed E-state index contributed by atoms with van der Waals surface area (Å²) in [5.74, 6) is 0. The zero-order valence-electron chi connectivity index (χ0n) is 13.9. The Morgan fingerprint density at radius 3 is 2.58 bits per heavy atom. The monoisotopic (exact) mass is 328 g/mol. The zero-order chi connectivity index (χ0) is 17.2. The van der Waals surface area contributed by atoms with Crippen molar-refractivity contribution in [3.05, 3.63) is 71.3 Å². The van der Waals surface area contributed by atoms with Crippen LogP contribution in [0.15, 0.2) is 54.6 Å². The second-order valence-corrected chi connectivity index (χ2v) is 5.56. The lowest BCUT2D eigenvalue weighted by Gasteiger charge is -2.19. The van der Waals surface area contributed by atoms with Crippen molar-refractivity contribution in [1.82, 2.24) is 10.6 Å². The van der Waals surface area contributed by atoms with Crippen LogP contribution in [0.5, 0.6) is 0 Å². The number of benzene rings is 2. The molecule has 0 heterocycles. The van der Waals surface area contributed by atoms with E-state index in [-0.39, 0.29) is 18.7 Å². The molecule has 0 aliphatic heterocycles. The van der Waals surface area contributed by atoms with Gasteiger partial charge >= 0.3 is 6.03 Å². The number of urea groups is 1. The van der Waals surface area contributed by atoms with E-state index in [0.29, 0.717) is 19.6 Å². The number of ether oxygens (including phenoxy) is 1. The maximum atomic E-state index is 12.2. The van der Waals surface area contributed by atoms with E-state index < -0.39 is 0 Å². The third kappa shape index (κ3) is 5.68. The summed E-state index contributed by atoms with van der Waals surface area (Å²) in [7, 11) is 1.66. The molecule has 1 atom stereocenters. The largest absolute Gasteiger partial charge is 0.396 e. The fourth-order valence-electron chi connectivity index (χ4n) is 2.52. The van der Waals surface area contributed by atoms with Crippen molar-refractivity contribution in [1.29, 1.82) is 0 Å². The summed E-state index contributed by atoms with van der Waals surface area (Å²) in [6, 6.07) is 17.1. The first-order chi connectivity index (χ1) is 11.7. The lowest BCUT2D eigenvalue weighted by atomic mass is 10.0. The van der Waals surface area contributed by atoms with Gasteiger partial charge in [-0.25, -0.2) is 4.79 Å². The highest BCUT2D eigenvalue weighted by atomic mass is 16.5. The number of rotatable bonds is 8. The molecule has 0 radical (unpaired) electrons. The predicted octanol–water partition coefficient (Wildman–Crippen LogP) is 2.76. The number of carbonyl (C=O) groups excluding carboxylic acids is 1. The Morgan fingerprint density at radius 1 is 1.12 bits per heavy atom. The lowest BCUT2D eigenvalue weighted by molar-refractivity contribution is 0.185. The SMILES string of the molecule is COCc1cccc(CNC(=O)N[C@H](CCO)c2ccccc2)c1. The molecule has 0 saturated carbocycles. The summed E-state index contributed by atoms with van der Waals surface area (Å²) in [6.45, 7) is 0.996. The van der Waals surface area contributed by atoms with Gasteiger partial charge in [-0.05, 0) is 23.1 Å². The lowest BCUT2D eigenvalue weighted by Crippen LogP contribution is -2.38. The van der Waals surface area contributed by atoms with Crippen LogP contribution in [0, 0.1) is 0 Å². The second kappa shape index (κ2) is 9.70. The van der Waals surface area contributed by atoms with Crippen molar-refractivity contribution in [2.75, 3.05) is 13.7 Å². The van der Waals surface area contributed by atoms with Crippen LogP contribution >= 0.6 is 0 Å². The molecule has 2 aromatic carbocycles. The van der Waals surface area contributed by atoms with E-state index >= 15 is 0 Å². The third-order valence-electron chi connectivity index (χ3n) is 3.68. The minimum Gasteiger partial charge on any atom is -0.396 e. The van der Waals surface area contributed by atoms with Gasteiger partial charge in [-0.2, -0.15) is 0 Å². The predicted molar refractivity (Wildman–Crippen MR) is 93.4 cm³/mol. The number of aliphatic hydroxyl groups is 1. The fraction of sp³-hybridized carbons (Fsp3) is 0.316. The Labute approximate surface area is 142 Å². The van der Waals surface area contributed by atoms with Gasteiger partial charge in [0.1, 0.15) is 0 Å². The molecule has 0 aliphatic rings. The van der Waals surface area contributed by atoms with Crippen molar-refractivity contribution in [2.24, 2.45) is 0 Å². The highest BCUT2D eigenvalue weighted by molar-refractivity contribution is 5.74. The van der Waals surface area contributed by atoms with Gasteiger partial charge in [0, 0.05) is 20.3 Å². The number of aliphatic hydroxyl groups excluding tert-OH is 1. The van der Waals surface area contributed by atoms with Gasteiger partial charge in [-0.15, -0.1) is 0 Å². The van der Waals surface area contributed by atoms with Gasteiger partial charge in [0.2, 0.25) is 0 Å². The average molecular weight is 328 g/mol. The van der Waals surface area contributed by atoms with Crippen molar-refractivity contribution in [2.45, 2.75) is 25.6 Å². The topological polar surface area (TPSA) is 70.6 Å². The molecule has 2 rings (SSSR count). The first-order valence-corrected chi connectivity index (χ1v) is 8.00. The number of nitrogens with one attached hydrogen (secondary N) is 2. The van der Waals surface area contributed by atoms with Crippen LogP contribution in [0.3, 0.4) is 0 Å². The molecule has 5 nitrogen and oxygen atoms in total. The summed E-state index contributed by atoms with van der Waals surface area (Å²) in [6.07, 6.45) is 0.473. The van der Waals surface area contributed by atoms with E-state index in [1.807, 2.05) is 54.6 Å². The first kappa shape index (κ1) is 18.0. The molecule has 2 amide bonds. The Balaban J connectivity index is 1.90. The third-order valence-corrected chi connectivity index (χ3v) is 3.68. The fourth-order valence-corrected chi connectivity index (χ4v) is 2.52. The molecule has 5 heteroatoms. The maximum Gasteiger partial charge on any atom is 0.315 e. The van der Waals surface area contributed by atoms with Crippen LogP contribution in [0.4, 0.5) is 4.79 Å². The molecule has 0 fully saturated rings. The van der Waals surface area contributed by atoms with Gasteiger partial charge in [0.15, 0.2) is 0 Å². The van der Waals surface area contributed by atoms with E-state index in [9.17, 15) is 9.90 Å². The molecule has 2 aromatic rings. The number of hydrogen-bond donors (Lipinski definition) is 3.